The smallest absolute Gasteiger partial charge is 0.340 e. The minimum atomic E-state index is -3.81. The van der Waals surface area contributed by atoms with Gasteiger partial charge < -0.3 is 20.0 Å². The maximum absolute atomic E-state index is 13.6. The average Bonchev–Trinajstić information content (AvgIpc) is 3.45. The molecule has 4 rings (SSSR count). The van der Waals surface area contributed by atoms with E-state index < -0.39 is 21.6 Å². The molecule has 2 aromatic heterocycles. The lowest BCUT2D eigenvalue weighted by molar-refractivity contribution is 0.0507. The van der Waals surface area contributed by atoms with E-state index in [4.69, 9.17) is 4.74 Å². The number of ether oxygens (including phenoxy) is 1. The fraction of sp³-hybridized carbons (Fsp3) is 0.478. The number of aromatic nitrogens is 2. The summed E-state index contributed by atoms with van der Waals surface area (Å²) in [5.74, 6) is -0.556. The number of benzene rings is 1. The van der Waals surface area contributed by atoms with Gasteiger partial charge in [0.15, 0.2) is 0 Å². The molecule has 1 aliphatic rings. The van der Waals surface area contributed by atoms with Crippen LogP contribution in [0.25, 0.3) is 21.8 Å². The first kappa shape index (κ1) is 23.5. The molecule has 10 heteroatoms. The highest BCUT2D eigenvalue weighted by Crippen LogP contribution is 2.29. The lowest BCUT2D eigenvalue weighted by Gasteiger charge is -2.28. The lowest BCUT2D eigenvalue weighted by Crippen LogP contribution is -2.44. The van der Waals surface area contributed by atoms with Gasteiger partial charge in [-0.05, 0) is 57.9 Å². The molecule has 0 spiro atoms. The molecule has 3 N–H and O–H groups in total. The third-order valence-corrected chi connectivity index (χ3v) is 8.06. The van der Waals surface area contributed by atoms with Crippen LogP contribution in [0.5, 0.6) is 0 Å². The van der Waals surface area contributed by atoms with Gasteiger partial charge in [0.25, 0.3) is 5.56 Å². The molecule has 0 saturated carbocycles. The predicted molar refractivity (Wildman–Crippen MR) is 127 cm³/mol. The van der Waals surface area contributed by atoms with Gasteiger partial charge in [0.2, 0.25) is 10.0 Å². The van der Waals surface area contributed by atoms with Crippen molar-refractivity contribution in [2.45, 2.75) is 57.0 Å². The Bertz CT molecular complexity index is 1340. The average molecular weight is 475 g/mol. The topological polar surface area (TPSA) is 124 Å². The number of carbonyl (C=O) groups is 1. The van der Waals surface area contributed by atoms with Crippen LogP contribution in [-0.2, 0) is 14.8 Å². The molecule has 3 heterocycles. The molecule has 1 saturated heterocycles. The van der Waals surface area contributed by atoms with Gasteiger partial charge in [-0.2, -0.15) is 4.31 Å². The number of hydrogen-bond acceptors (Lipinski definition) is 6. The first-order valence-electron chi connectivity index (χ1n) is 11.3. The summed E-state index contributed by atoms with van der Waals surface area (Å²) in [5.41, 5.74) is 0.472. The third kappa shape index (κ3) is 4.42. The SMILES string of the molecule is CCCOC(=O)c1c[nH]c2c(=O)[nH]c3ccc(S(=O)(=O)N(CC4CCCN4)C(C)C)cc3c12. The van der Waals surface area contributed by atoms with E-state index in [0.29, 0.717) is 29.3 Å². The zero-order chi connectivity index (χ0) is 23.8. The highest BCUT2D eigenvalue weighted by molar-refractivity contribution is 7.89. The van der Waals surface area contributed by atoms with E-state index >= 15 is 0 Å². The second kappa shape index (κ2) is 9.28. The van der Waals surface area contributed by atoms with Crippen molar-refractivity contribution >= 4 is 37.8 Å². The maximum Gasteiger partial charge on any atom is 0.340 e. The van der Waals surface area contributed by atoms with Crippen LogP contribution < -0.4 is 10.9 Å². The van der Waals surface area contributed by atoms with E-state index in [1.807, 2.05) is 20.8 Å². The van der Waals surface area contributed by atoms with Crippen LogP contribution >= 0.6 is 0 Å². The fourth-order valence-electron chi connectivity index (χ4n) is 4.35. The number of nitrogens with one attached hydrogen (secondary N) is 3. The van der Waals surface area contributed by atoms with Crippen LogP contribution in [0.1, 0.15) is 50.4 Å². The predicted octanol–water partition coefficient (Wildman–Crippen LogP) is 2.73. The zero-order valence-corrected chi connectivity index (χ0v) is 19.9. The van der Waals surface area contributed by atoms with Gasteiger partial charge >= 0.3 is 5.97 Å². The summed E-state index contributed by atoms with van der Waals surface area (Å²) >= 11 is 0. The van der Waals surface area contributed by atoms with Gasteiger partial charge in [0.1, 0.15) is 5.52 Å². The maximum atomic E-state index is 13.6. The summed E-state index contributed by atoms with van der Waals surface area (Å²) < 4.78 is 34.0. The quantitative estimate of drug-likeness (QED) is 0.431. The van der Waals surface area contributed by atoms with E-state index in [-0.39, 0.29) is 34.7 Å². The van der Waals surface area contributed by atoms with E-state index in [2.05, 4.69) is 15.3 Å². The van der Waals surface area contributed by atoms with Crippen molar-refractivity contribution in [3.63, 3.8) is 0 Å². The van der Waals surface area contributed by atoms with E-state index in [1.54, 1.807) is 6.07 Å². The van der Waals surface area contributed by atoms with Gasteiger partial charge in [-0.1, -0.05) is 6.92 Å². The van der Waals surface area contributed by atoms with Gasteiger partial charge in [-0.25, -0.2) is 13.2 Å². The van der Waals surface area contributed by atoms with E-state index in [1.165, 1.54) is 22.6 Å². The van der Waals surface area contributed by atoms with Gasteiger partial charge in [0.05, 0.1) is 17.1 Å². The molecule has 178 valence electrons. The standard InChI is InChI=1S/C23H30N4O5S/c1-4-10-32-23(29)18-12-25-21-20(18)17-11-16(7-8-19(17)26-22(21)28)33(30,31)27(14(2)3)13-15-6-5-9-24-15/h7-8,11-12,14-15,24-25H,4-6,9-10,13H2,1-3H3,(H,26,28). The molecule has 3 aromatic rings. The van der Waals surface area contributed by atoms with Crippen LogP contribution in [0.4, 0.5) is 0 Å². The molecule has 0 amide bonds. The number of sulfonamides is 1. The highest BCUT2D eigenvalue weighted by atomic mass is 32.2. The molecule has 0 bridgehead atoms. The number of carbonyl (C=O) groups excluding carboxylic acids is 1. The Morgan fingerprint density at radius 3 is 2.76 bits per heavy atom. The minimum absolute atomic E-state index is 0.115. The summed E-state index contributed by atoms with van der Waals surface area (Å²) in [6, 6.07) is 4.50. The van der Waals surface area contributed by atoms with Crippen LogP contribution in [0.2, 0.25) is 0 Å². The molecule has 1 fully saturated rings. The Kier molecular flexibility index (Phi) is 6.60. The Labute approximate surface area is 192 Å². The van der Waals surface area contributed by atoms with Crippen molar-refractivity contribution in [1.29, 1.82) is 0 Å². The number of H-pyrrole nitrogens is 2. The summed E-state index contributed by atoms with van der Waals surface area (Å²) in [4.78, 5) is 30.9. The summed E-state index contributed by atoms with van der Waals surface area (Å²) in [5, 5.41) is 4.19. The zero-order valence-electron chi connectivity index (χ0n) is 19.1. The van der Waals surface area contributed by atoms with Crippen molar-refractivity contribution in [3.05, 3.63) is 40.3 Å². The van der Waals surface area contributed by atoms with E-state index in [0.717, 1.165) is 19.4 Å². The molecule has 0 radical (unpaired) electrons. The van der Waals surface area contributed by atoms with Gasteiger partial charge in [0, 0.05) is 41.1 Å². The first-order chi connectivity index (χ1) is 15.7. The van der Waals surface area contributed by atoms with Gasteiger partial charge in [-0.15, -0.1) is 0 Å². The molecule has 0 aliphatic carbocycles. The molecule has 9 nitrogen and oxygen atoms in total. The number of hydrogen-bond donors (Lipinski definition) is 3. The lowest BCUT2D eigenvalue weighted by atomic mass is 10.1. The Hall–Kier alpha value is -2.69. The number of pyridine rings is 1. The molecular weight excluding hydrogens is 444 g/mol. The molecule has 1 unspecified atom stereocenters. The van der Waals surface area contributed by atoms with Crippen molar-refractivity contribution in [2.75, 3.05) is 19.7 Å². The highest BCUT2D eigenvalue weighted by Gasteiger charge is 2.31. The second-order valence-corrected chi connectivity index (χ2v) is 10.6. The van der Waals surface area contributed by atoms with Gasteiger partial charge in [-0.3, -0.25) is 4.79 Å². The molecule has 1 aromatic carbocycles. The third-order valence-electron chi connectivity index (χ3n) is 6.02. The van der Waals surface area contributed by atoms with Crippen molar-refractivity contribution in [1.82, 2.24) is 19.6 Å². The second-order valence-electron chi connectivity index (χ2n) is 8.71. The molecule has 1 atom stereocenters. The fourth-order valence-corrected chi connectivity index (χ4v) is 6.06. The molecule has 33 heavy (non-hydrogen) atoms. The monoisotopic (exact) mass is 474 g/mol. The van der Waals surface area contributed by atoms with Crippen molar-refractivity contribution < 1.29 is 17.9 Å². The van der Waals surface area contributed by atoms with Crippen LogP contribution in [-0.4, -0.2) is 60.4 Å². The largest absolute Gasteiger partial charge is 0.462 e. The minimum Gasteiger partial charge on any atom is -0.462 e. The Balaban J connectivity index is 1.84. The Morgan fingerprint density at radius 1 is 1.30 bits per heavy atom. The van der Waals surface area contributed by atoms with Crippen LogP contribution in [0.3, 0.4) is 0 Å². The molecular formula is C23H30N4O5S. The number of aromatic amines is 2. The first-order valence-corrected chi connectivity index (χ1v) is 12.8. The Morgan fingerprint density at radius 2 is 2.09 bits per heavy atom. The van der Waals surface area contributed by atoms with Crippen molar-refractivity contribution in [3.8, 4) is 0 Å². The summed E-state index contributed by atoms with van der Waals surface area (Å²) in [6.07, 6.45) is 4.07. The number of nitrogens with zero attached hydrogens (tertiary/aromatic N) is 1. The van der Waals surface area contributed by atoms with Crippen LogP contribution in [0.15, 0.2) is 34.1 Å². The van der Waals surface area contributed by atoms with E-state index in [9.17, 15) is 18.0 Å². The number of esters is 1. The summed E-state index contributed by atoms with van der Waals surface area (Å²) in [6.45, 7) is 7.14. The van der Waals surface area contributed by atoms with Crippen LogP contribution in [0, 0.1) is 0 Å². The van der Waals surface area contributed by atoms with Crippen molar-refractivity contribution in [2.24, 2.45) is 0 Å². The summed E-state index contributed by atoms with van der Waals surface area (Å²) in [7, 11) is -3.81. The number of rotatable bonds is 8. The normalized spacial score (nSPS) is 16.9. The molecule has 1 aliphatic heterocycles. The number of fused-ring (bicyclic) bond motifs is 3.